The van der Waals surface area contributed by atoms with Gasteiger partial charge in [0.2, 0.25) is 5.91 Å². The fraction of sp³-hybridized carbons (Fsp3) is 0.511. The Hall–Kier alpha value is -5.31. The summed E-state index contributed by atoms with van der Waals surface area (Å²) in [7, 11) is 1.69. The molecule has 322 valence electrons. The van der Waals surface area contributed by atoms with Gasteiger partial charge in [0.15, 0.2) is 5.82 Å². The minimum absolute atomic E-state index is 0.0377. The van der Waals surface area contributed by atoms with Gasteiger partial charge in [-0.25, -0.2) is 9.97 Å². The lowest BCUT2D eigenvalue weighted by Crippen LogP contribution is -2.56. The van der Waals surface area contributed by atoms with Gasteiger partial charge in [0, 0.05) is 119 Å². The van der Waals surface area contributed by atoms with Gasteiger partial charge in [-0.2, -0.15) is 0 Å². The van der Waals surface area contributed by atoms with Gasteiger partial charge in [0.25, 0.3) is 11.5 Å². The molecule has 61 heavy (non-hydrogen) atoms. The summed E-state index contributed by atoms with van der Waals surface area (Å²) in [5.74, 6) is 0.580. The predicted octanol–water partition coefficient (Wildman–Crippen LogP) is 5.25. The number of benzene rings is 1. The molecule has 4 aromatic rings. The second kappa shape index (κ2) is 16.5. The number of aryl methyl sites for hydroxylation is 1. The van der Waals surface area contributed by atoms with Gasteiger partial charge in [-0.1, -0.05) is 20.4 Å². The molecule has 2 N–H and O–H groups in total. The van der Waals surface area contributed by atoms with Gasteiger partial charge >= 0.3 is 0 Å². The number of anilines is 4. The van der Waals surface area contributed by atoms with E-state index in [4.69, 9.17) is 9.72 Å². The van der Waals surface area contributed by atoms with Crippen molar-refractivity contribution >= 4 is 34.8 Å². The Morgan fingerprint density at radius 3 is 2.54 bits per heavy atom. The van der Waals surface area contributed by atoms with Crippen molar-refractivity contribution in [2.75, 3.05) is 67.6 Å². The number of aliphatic hydroxyl groups is 1. The van der Waals surface area contributed by atoms with Crippen molar-refractivity contribution in [2.24, 2.45) is 12.5 Å². The lowest BCUT2D eigenvalue weighted by molar-refractivity contribution is -0.127. The van der Waals surface area contributed by atoms with Crippen LogP contribution in [0.2, 0.25) is 0 Å². The molecule has 2 amide bonds. The number of aromatic nitrogens is 4. The number of piperidine rings is 1. The largest absolute Gasteiger partial charge is 0.392 e. The first-order valence-corrected chi connectivity index (χ1v) is 22.0. The van der Waals surface area contributed by atoms with E-state index in [1.54, 1.807) is 30.4 Å². The number of hydrogen-bond acceptors (Lipinski definition) is 10. The maximum atomic E-state index is 14.1. The monoisotopic (exact) mass is 829 g/mol. The number of carbonyl (C=O) groups excluding carboxylic acids is 2. The number of aliphatic hydroxyl groups excluding tert-OH is 1. The van der Waals surface area contributed by atoms with E-state index in [1.807, 2.05) is 17.0 Å². The molecule has 3 fully saturated rings. The van der Waals surface area contributed by atoms with Crippen molar-refractivity contribution < 1.29 is 19.4 Å². The van der Waals surface area contributed by atoms with Crippen molar-refractivity contribution in [1.82, 2.24) is 28.9 Å². The molecule has 0 unspecified atom stereocenters. The van der Waals surface area contributed by atoms with Gasteiger partial charge in [0.05, 0.1) is 12.3 Å². The average molecular weight is 830 g/mol. The number of carbonyl (C=O) groups is 2. The summed E-state index contributed by atoms with van der Waals surface area (Å²) in [6.07, 6.45) is 10.4. The number of nitrogens with zero attached hydrogens (tertiary/aromatic N) is 8. The third-order valence-corrected chi connectivity index (χ3v) is 13.8. The average Bonchev–Trinajstić information content (AvgIpc) is 3.77. The van der Waals surface area contributed by atoms with E-state index in [0.717, 1.165) is 77.1 Å². The summed E-state index contributed by atoms with van der Waals surface area (Å²) < 4.78 is 9.32. The Morgan fingerprint density at radius 1 is 1.02 bits per heavy atom. The van der Waals surface area contributed by atoms with Crippen LogP contribution in [0.4, 0.5) is 23.0 Å². The molecule has 5 aliphatic rings. The summed E-state index contributed by atoms with van der Waals surface area (Å²) in [4.78, 5) is 58.6. The standard InChI is InChI=1S/C47H59N9O5/c1-6-42(58)52-15-10-31(11-16-52)36-24-33(7-8-39(36)54-18-17-53(27-30(54)2)34-12-21-61-22-13-34)49-43-46(60)51(5)28-38(50-43)35-9-14-48-44(37(35)29-57)56-20-19-55-40(45(56)59)23-32-25-47(3,4)26-41(32)55/h6-9,14,23-24,28,30-31,34,57H,1,10-13,15-22,25-27,29H2,2-5H3,(H,49,50)/t30-/m0/s1. The van der Waals surface area contributed by atoms with Crippen LogP contribution in [0.5, 0.6) is 0 Å². The highest BCUT2D eigenvalue weighted by Gasteiger charge is 2.38. The van der Waals surface area contributed by atoms with Crippen LogP contribution in [0.15, 0.2) is 60.2 Å². The Kier molecular flexibility index (Phi) is 11.1. The van der Waals surface area contributed by atoms with E-state index in [-0.39, 0.29) is 41.1 Å². The first-order chi connectivity index (χ1) is 29.4. The number of rotatable bonds is 9. The highest BCUT2D eigenvalue weighted by molar-refractivity contribution is 6.06. The normalized spacial score (nSPS) is 21.1. The molecule has 14 heteroatoms. The van der Waals surface area contributed by atoms with Crippen LogP contribution >= 0.6 is 0 Å². The van der Waals surface area contributed by atoms with Crippen LogP contribution in [-0.4, -0.2) is 110 Å². The first-order valence-electron chi connectivity index (χ1n) is 22.0. The van der Waals surface area contributed by atoms with Crippen molar-refractivity contribution in [3.8, 4) is 11.3 Å². The minimum atomic E-state index is -0.370. The lowest BCUT2D eigenvalue weighted by Gasteiger charge is -2.46. The van der Waals surface area contributed by atoms with Gasteiger partial charge in [-0.05, 0) is 104 Å². The molecular weight excluding hydrogens is 771 g/mol. The van der Waals surface area contributed by atoms with Crippen LogP contribution in [0.3, 0.4) is 0 Å². The van der Waals surface area contributed by atoms with Crippen LogP contribution in [0.1, 0.15) is 85.2 Å². The fourth-order valence-corrected chi connectivity index (χ4v) is 10.7. The molecule has 1 aliphatic carbocycles. The number of ether oxygens (including phenoxy) is 1. The minimum Gasteiger partial charge on any atom is -0.392 e. The van der Waals surface area contributed by atoms with Crippen LogP contribution in [0, 0.1) is 5.41 Å². The number of piperazine rings is 1. The third kappa shape index (κ3) is 7.78. The molecule has 4 aliphatic heterocycles. The third-order valence-electron chi connectivity index (χ3n) is 13.8. The molecule has 3 aromatic heterocycles. The molecule has 9 rings (SSSR count). The van der Waals surface area contributed by atoms with Crippen molar-refractivity contribution in [3.05, 3.63) is 93.8 Å². The summed E-state index contributed by atoms with van der Waals surface area (Å²) in [5.41, 5.74) is 7.69. The predicted molar refractivity (Wildman–Crippen MR) is 237 cm³/mol. The molecule has 1 atom stereocenters. The van der Waals surface area contributed by atoms with Gasteiger partial charge in [-0.15, -0.1) is 0 Å². The Morgan fingerprint density at radius 2 is 1.80 bits per heavy atom. The summed E-state index contributed by atoms with van der Waals surface area (Å²) >= 11 is 0. The summed E-state index contributed by atoms with van der Waals surface area (Å²) in [6, 6.07) is 11.0. The maximum Gasteiger partial charge on any atom is 0.293 e. The Bertz CT molecular complexity index is 2410. The Labute approximate surface area is 357 Å². The Balaban J connectivity index is 1.01. The molecule has 1 aromatic carbocycles. The van der Waals surface area contributed by atoms with Crippen molar-refractivity contribution in [1.29, 1.82) is 0 Å². The van der Waals surface area contributed by atoms with Crippen molar-refractivity contribution in [2.45, 2.75) is 90.4 Å². The zero-order chi connectivity index (χ0) is 42.6. The number of fused-ring (bicyclic) bond motifs is 3. The zero-order valence-corrected chi connectivity index (χ0v) is 36.0. The number of hydrogen-bond donors (Lipinski definition) is 2. The summed E-state index contributed by atoms with van der Waals surface area (Å²) in [6.45, 7) is 17.1. The van der Waals surface area contributed by atoms with Crippen LogP contribution < -0.4 is 20.7 Å². The maximum absolute atomic E-state index is 14.1. The SMILES string of the molecule is C=CC(=O)N1CCC(c2cc(Nc3nc(-c4ccnc(N5CCn6c(cc7c6CC(C)(C)C7)C5=O)c4CO)cn(C)c3=O)ccc2N2CCN(C3CCOCC3)C[C@@H]2C)CC1. The van der Waals surface area contributed by atoms with E-state index < -0.39 is 0 Å². The van der Waals surface area contributed by atoms with E-state index in [9.17, 15) is 19.5 Å². The molecule has 0 spiro atoms. The second-order valence-corrected chi connectivity index (χ2v) is 18.4. The van der Waals surface area contributed by atoms with Gasteiger partial charge < -0.3 is 34.1 Å². The molecule has 14 nitrogen and oxygen atoms in total. The molecular formula is C47H59N9O5. The second-order valence-electron chi connectivity index (χ2n) is 18.4. The molecule has 7 heterocycles. The molecule has 0 bridgehead atoms. The fourth-order valence-electron chi connectivity index (χ4n) is 10.7. The smallest absolute Gasteiger partial charge is 0.293 e. The van der Waals surface area contributed by atoms with Crippen molar-refractivity contribution in [3.63, 3.8) is 0 Å². The number of amides is 2. The lowest BCUT2D eigenvalue weighted by atomic mass is 9.87. The topological polar surface area (TPSA) is 141 Å². The first kappa shape index (κ1) is 41.1. The molecule has 0 radical (unpaired) electrons. The number of nitrogens with one attached hydrogen (secondary N) is 1. The summed E-state index contributed by atoms with van der Waals surface area (Å²) in [5, 5.41) is 14.3. The number of pyridine rings is 1. The molecule has 3 saturated heterocycles. The van der Waals surface area contributed by atoms with E-state index in [1.165, 1.54) is 33.2 Å². The van der Waals surface area contributed by atoms with E-state index >= 15 is 0 Å². The zero-order valence-electron chi connectivity index (χ0n) is 36.0. The number of likely N-dealkylation sites (tertiary alicyclic amines) is 1. The highest BCUT2D eigenvalue weighted by Crippen LogP contribution is 2.41. The van der Waals surface area contributed by atoms with Crippen LogP contribution in [0.25, 0.3) is 11.3 Å². The van der Waals surface area contributed by atoms with Crippen LogP contribution in [-0.2, 0) is 42.6 Å². The van der Waals surface area contributed by atoms with E-state index in [2.05, 4.69) is 64.2 Å². The van der Waals surface area contributed by atoms with E-state index in [0.29, 0.717) is 66.6 Å². The quantitative estimate of drug-likeness (QED) is 0.215. The van der Waals surface area contributed by atoms with Gasteiger partial charge in [-0.3, -0.25) is 24.2 Å². The van der Waals surface area contributed by atoms with Gasteiger partial charge in [0.1, 0.15) is 11.5 Å². The molecule has 0 saturated carbocycles. The highest BCUT2D eigenvalue weighted by atomic mass is 16.5.